The second-order valence-corrected chi connectivity index (χ2v) is 15.6. The maximum absolute atomic E-state index is 11.2. The van der Waals surface area contributed by atoms with E-state index in [4.69, 9.17) is 9.97 Å². The van der Waals surface area contributed by atoms with Crippen LogP contribution in [0.5, 0.6) is 5.75 Å². The molecule has 262 valence electrons. The number of hydrogen-bond donors (Lipinski definition) is 1. The predicted molar refractivity (Wildman–Crippen MR) is 222 cm³/mol. The van der Waals surface area contributed by atoms with Crippen molar-refractivity contribution in [2.45, 2.75) is 59.8 Å². The molecule has 0 saturated carbocycles. The van der Waals surface area contributed by atoms with E-state index >= 15 is 0 Å². The molecule has 0 atom stereocenters. The third-order valence-electron chi connectivity index (χ3n) is 10.5. The molecule has 0 spiro atoms. The second kappa shape index (κ2) is 13.2. The minimum Gasteiger partial charge on any atom is -0.507 e. The number of imidazole rings is 1. The van der Waals surface area contributed by atoms with Gasteiger partial charge in [0.1, 0.15) is 11.6 Å². The lowest BCUT2D eigenvalue weighted by atomic mass is 9.87. The molecule has 2 heterocycles. The topological polar surface area (TPSA) is 50.9 Å². The van der Waals surface area contributed by atoms with Gasteiger partial charge in [0.25, 0.3) is 0 Å². The van der Waals surface area contributed by atoms with Crippen LogP contribution in [0.4, 0.5) is 0 Å². The Morgan fingerprint density at radius 3 is 1.98 bits per heavy atom. The zero-order valence-electron chi connectivity index (χ0n) is 31.6. The van der Waals surface area contributed by atoms with Gasteiger partial charge in [0.15, 0.2) is 0 Å². The fourth-order valence-corrected chi connectivity index (χ4v) is 7.67. The van der Waals surface area contributed by atoms with Gasteiger partial charge in [0.05, 0.1) is 22.1 Å². The van der Waals surface area contributed by atoms with Crippen LogP contribution < -0.4 is 0 Å². The largest absolute Gasteiger partial charge is 0.507 e. The number of phenols is 1. The zero-order chi connectivity index (χ0) is 37.0. The van der Waals surface area contributed by atoms with E-state index in [0.29, 0.717) is 17.3 Å². The van der Waals surface area contributed by atoms with Gasteiger partial charge < -0.3 is 5.11 Å². The summed E-state index contributed by atoms with van der Waals surface area (Å²) in [5, 5.41) is 12.3. The summed E-state index contributed by atoms with van der Waals surface area (Å²) in [6.07, 6.45) is 1.89. The van der Waals surface area contributed by atoms with Crippen LogP contribution in [0.1, 0.15) is 62.8 Å². The Kier molecular flexibility index (Phi) is 8.50. The number of aryl methyl sites for hydroxylation is 2. The van der Waals surface area contributed by atoms with Crippen LogP contribution in [0.25, 0.3) is 72.4 Å². The second-order valence-electron chi connectivity index (χ2n) is 15.6. The monoisotopic (exact) mass is 691 g/mol. The first-order valence-electron chi connectivity index (χ1n) is 18.5. The molecule has 0 unspecified atom stereocenters. The van der Waals surface area contributed by atoms with Crippen LogP contribution in [0.15, 0.2) is 134 Å². The van der Waals surface area contributed by atoms with E-state index in [1.54, 1.807) is 6.07 Å². The third kappa shape index (κ3) is 6.18. The molecule has 0 saturated heterocycles. The van der Waals surface area contributed by atoms with Gasteiger partial charge in [-0.1, -0.05) is 95.3 Å². The van der Waals surface area contributed by atoms with Crippen molar-refractivity contribution in [2.24, 2.45) is 0 Å². The van der Waals surface area contributed by atoms with Gasteiger partial charge in [-0.15, -0.1) is 0 Å². The summed E-state index contributed by atoms with van der Waals surface area (Å²) >= 11 is 0. The first kappa shape index (κ1) is 34.1. The molecule has 6 aromatic carbocycles. The minimum absolute atomic E-state index is 0.0248. The van der Waals surface area contributed by atoms with Crippen molar-refractivity contribution in [3.63, 3.8) is 0 Å². The molecule has 0 aliphatic rings. The molecule has 0 bridgehead atoms. The summed E-state index contributed by atoms with van der Waals surface area (Å²) in [5.41, 5.74) is 16.2. The molecule has 0 aliphatic carbocycles. The van der Waals surface area contributed by atoms with E-state index in [1.807, 2.05) is 30.5 Å². The average molecular weight is 692 g/mol. The number of nitrogens with zero attached hydrogens (tertiary/aromatic N) is 3. The highest BCUT2D eigenvalue weighted by atomic mass is 16.3. The first-order valence-corrected chi connectivity index (χ1v) is 18.5. The molecule has 0 aliphatic heterocycles. The maximum atomic E-state index is 11.2. The molecule has 0 fully saturated rings. The number of para-hydroxylation sites is 2. The summed E-state index contributed by atoms with van der Waals surface area (Å²) in [6.45, 7) is 15.6. The third-order valence-corrected chi connectivity index (χ3v) is 10.5. The quantitative estimate of drug-likeness (QED) is 0.189. The Hall–Kier alpha value is -6.00. The average Bonchev–Trinajstić information content (AvgIpc) is 3.53. The van der Waals surface area contributed by atoms with Crippen LogP contribution in [0, 0.1) is 13.8 Å². The molecule has 4 heteroatoms. The molecule has 1 N–H and O–H groups in total. The number of rotatable bonds is 6. The Morgan fingerprint density at radius 1 is 0.623 bits per heavy atom. The zero-order valence-corrected chi connectivity index (χ0v) is 31.6. The smallest absolute Gasteiger partial charge is 0.149 e. The van der Waals surface area contributed by atoms with Crippen molar-refractivity contribution in [2.75, 3.05) is 0 Å². The number of phenolic OH excluding ortho intramolecular Hbond substituents is 1. The lowest BCUT2D eigenvalue weighted by molar-refractivity contribution is 0.477. The van der Waals surface area contributed by atoms with E-state index in [2.05, 4.69) is 150 Å². The summed E-state index contributed by atoms with van der Waals surface area (Å²) in [6, 6.07) is 44.8. The molecule has 2 aromatic heterocycles. The summed E-state index contributed by atoms with van der Waals surface area (Å²) in [7, 11) is 0. The highest BCUT2D eigenvalue weighted by molar-refractivity contribution is 6.00. The molecular weight excluding hydrogens is 647 g/mol. The van der Waals surface area contributed by atoms with Crippen LogP contribution in [0.3, 0.4) is 0 Å². The lowest BCUT2D eigenvalue weighted by Gasteiger charge is -2.20. The Bertz CT molecular complexity index is 2640. The highest BCUT2D eigenvalue weighted by Crippen LogP contribution is 2.42. The molecule has 8 aromatic rings. The van der Waals surface area contributed by atoms with E-state index in [1.165, 1.54) is 27.8 Å². The highest BCUT2D eigenvalue weighted by Gasteiger charge is 2.22. The number of aromatic hydroxyl groups is 1. The van der Waals surface area contributed by atoms with Gasteiger partial charge >= 0.3 is 0 Å². The van der Waals surface area contributed by atoms with Gasteiger partial charge in [-0.25, -0.2) is 4.98 Å². The van der Waals surface area contributed by atoms with E-state index in [0.717, 1.165) is 55.4 Å². The standard InChI is InChI=1S/C49H45N3O/c1-30(2)34-25-33-15-12-24-50-46(33)42(29-34)36-26-35(27-37(28-36)45-31(3)13-10-14-32(45)4)40-17-11-18-43-47(40)51-48(41-16-8-9-19-44(41)53)52(43)39-22-20-38(21-23-39)49(5,6)7/h8-30,53H,1-7H3. The van der Waals surface area contributed by atoms with Gasteiger partial charge in [0, 0.05) is 28.4 Å². The molecule has 0 radical (unpaired) electrons. The van der Waals surface area contributed by atoms with Crippen LogP contribution >= 0.6 is 0 Å². The van der Waals surface area contributed by atoms with Crippen LogP contribution in [-0.2, 0) is 5.41 Å². The summed E-state index contributed by atoms with van der Waals surface area (Å²) in [4.78, 5) is 10.3. The molecule has 4 nitrogen and oxygen atoms in total. The molecule has 53 heavy (non-hydrogen) atoms. The first-order chi connectivity index (χ1) is 25.5. The fourth-order valence-electron chi connectivity index (χ4n) is 7.67. The normalized spacial score (nSPS) is 11.9. The van der Waals surface area contributed by atoms with Gasteiger partial charge in [-0.3, -0.25) is 9.55 Å². The van der Waals surface area contributed by atoms with Crippen molar-refractivity contribution in [3.8, 4) is 56.2 Å². The summed E-state index contributed by atoms with van der Waals surface area (Å²) in [5.74, 6) is 1.25. The SMILES string of the molecule is Cc1cccc(C)c1-c1cc(-c2cc(C(C)C)cc3cccnc23)cc(-c2cccc3c2nc(-c2ccccc2O)n3-c2ccc(C(C)(C)C)cc2)c1. The maximum Gasteiger partial charge on any atom is 0.149 e. The van der Waals surface area contributed by atoms with Crippen LogP contribution in [-0.4, -0.2) is 19.6 Å². The number of pyridine rings is 1. The number of hydrogen-bond acceptors (Lipinski definition) is 3. The minimum atomic E-state index is 0.0248. The van der Waals surface area contributed by atoms with Crippen molar-refractivity contribution >= 4 is 21.9 Å². The van der Waals surface area contributed by atoms with Gasteiger partial charge in [0.2, 0.25) is 0 Å². The molecule has 8 rings (SSSR count). The Balaban J connectivity index is 1.43. The Labute approximate surface area is 312 Å². The fraction of sp³-hybridized carbons (Fsp3) is 0.184. The Morgan fingerprint density at radius 2 is 1.28 bits per heavy atom. The lowest BCUT2D eigenvalue weighted by Crippen LogP contribution is -2.11. The van der Waals surface area contributed by atoms with Gasteiger partial charge in [-0.2, -0.15) is 0 Å². The number of fused-ring (bicyclic) bond motifs is 2. The van der Waals surface area contributed by atoms with Gasteiger partial charge in [-0.05, 0) is 136 Å². The van der Waals surface area contributed by atoms with Crippen molar-refractivity contribution in [1.82, 2.24) is 14.5 Å². The number of aromatic nitrogens is 3. The van der Waals surface area contributed by atoms with Crippen LogP contribution in [0.2, 0.25) is 0 Å². The molecular formula is C49H45N3O. The van der Waals surface area contributed by atoms with E-state index in [-0.39, 0.29) is 11.2 Å². The van der Waals surface area contributed by atoms with E-state index < -0.39 is 0 Å². The van der Waals surface area contributed by atoms with E-state index in [9.17, 15) is 5.11 Å². The van der Waals surface area contributed by atoms with Crippen molar-refractivity contribution in [3.05, 3.63) is 156 Å². The predicted octanol–water partition coefficient (Wildman–Crippen LogP) is 13.0. The molecule has 0 amide bonds. The number of benzene rings is 6. The summed E-state index contributed by atoms with van der Waals surface area (Å²) < 4.78 is 2.18. The van der Waals surface area contributed by atoms with Crippen molar-refractivity contribution < 1.29 is 5.11 Å². The van der Waals surface area contributed by atoms with Crippen molar-refractivity contribution in [1.29, 1.82) is 0 Å².